The smallest absolute Gasteiger partial charge is 0.354 e. The molecule has 2 unspecified atom stereocenters. The summed E-state index contributed by atoms with van der Waals surface area (Å²) in [5, 5.41) is 11.4. The summed E-state index contributed by atoms with van der Waals surface area (Å²) in [6.45, 7) is 2.92. The molecule has 19 heavy (non-hydrogen) atoms. The van der Waals surface area contributed by atoms with E-state index in [0.717, 1.165) is 6.54 Å². The molecule has 6 nitrogen and oxygen atoms in total. The third-order valence-electron chi connectivity index (χ3n) is 3.37. The summed E-state index contributed by atoms with van der Waals surface area (Å²) >= 11 is 0. The number of carboxylic acid groups (broad SMARTS) is 1. The minimum absolute atomic E-state index is 0.0434. The first-order chi connectivity index (χ1) is 8.97. The number of urea groups is 1. The first-order valence-corrected chi connectivity index (χ1v) is 6.19. The standard InChI is InChI=1S/C13H17N3O3/c1-8-5-9(8)7-16(2)13(19)15-10-3-4-11(12(17)18)14-6-10/h3-4,6,8-9H,5,7H2,1-2H3,(H,15,19)(H,17,18). The number of amides is 2. The Kier molecular flexibility index (Phi) is 3.69. The molecule has 0 aromatic carbocycles. The molecular formula is C13H17N3O3. The van der Waals surface area contributed by atoms with Crippen LogP contribution in [0.1, 0.15) is 23.8 Å². The lowest BCUT2D eigenvalue weighted by molar-refractivity contribution is 0.0690. The van der Waals surface area contributed by atoms with E-state index >= 15 is 0 Å². The Labute approximate surface area is 111 Å². The van der Waals surface area contributed by atoms with Gasteiger partial charge in [-0.2, -0.15) is 0 Å². The summed E-state index contributed by atoms with van der Waals surface area (Å²) in [5.74, 6) is 0.216. The Bertz CT molecular complexity index is 486. The summed E-state index contributed by atoms with van der Waals surface area (Å²) < 4.78 is 0. The Balaban J connectivity index is 1.89. The summed E-state index contributed by atoms with van der Waals surface area (Å²) in [6, 6.07) is 2.69. The lowest BCUT2D eigenvalue weighted by Crippen LogP contribution is -2.33. The number of nitrogens with one attached hydrogen (secondary N) is 1. The Morgan fingerprint density at radius 3 is 2.68 bits per heavy atom. The minimum atomic E-state index is -1.09. The first-order valence-electron chi connectivity index (χ1n) is 6.19. The van der Waals surface area contributed by atoms with E-state index in [1.807, 2.05) is 0 Å². The molecule has 1 aromatic heterocycles. The zero-order valence-electron chi connectivity index (χ0n) is 11.0. The molecule has 1 aliphatic carbocycles. The molecule has 2 atom stereocenters. The third-order valence-corrected chi connectivity index (χ3v) is 3.37. The summed E-state index contributed by atoms with van der Waals surface area (Å²) in [6.07, 6.45) is 2.52. The van der Waals surface area contributed by atoms with Gasteiger partial charge in [0.05, 0.1) is 11.9 Å². The number of pyridine rings is 1. The van der Waals surface area contributed by atoms with E-state index in [2.05, 4.69) is 17.2 Å². The van der Waals surface area contributed by atoms with Gasteiger partial charge in [0.2, 0.25) is 0 Å². The van der Waals surface area contributed by atoms with Crippen molar-refractivity contribution < 1.29 is 14.7 Å². The highest BCUT2D eigenvalue weighted by molar-refractivity contribution is 5.90. The van der Waals surface area contributed by atoms with Gasteiger partial charge in [-0.25, -0.2) is 14.6 Å². The van der Waals surface area contributed by atoms with Crippen LogP contribution in [-0.4, -0.2) is 40.6 Å². The van der Waals surface area contributed by atoms with Gasteiger partial charge in [0, 0.05) is 13.6 Å². The Morgan fingerprint density at radius 2 is 2.21 bits per heavy atom. The van der Waals surface area contributed by atoms with E-state index in [-0.39, 0.29) is 11.7 Å². The fraction of sp³-hybridized carbons (Fsp3) is 0.462. The van der Waals surface area contributed by atoms with Gasteiger partial charge in [0.1, 0.15) is 5.69 Å². The van der Waals surface area contributed by atoms with Gasteiger partial charge in [0.15, 0.2) is 0 Å². The lowest BCUT2D eigenvalue weighted by Gasteiger charge is -2.17. The second-order valence-electron chi connectivity index (χ2n) is 5.02. The molecule has 1 saturated carbocycles. The van der Waals surface area contributed by atoms with Gasteiger partial charge >= 0.3 is 12.0 Å². The molecule has 0 radical (unpaired) electrons. The maximum absolute atomic E-state index is 11.9. The van der Waals surface area contributed by atoms with Crippen LogP contribution in [0.25, 0.3) is 0 Å². The molecule has 1 aliphatic rings. The number of carbonyl (C=O) groups is 2. The normalized spacial score (nSPS) is 20.7. The van der Waals surface area contributed by atoms with Crippen molar-refractivity contribution in [2.45, 2.75) is 13.3 Å². The van der Waals surface area contributed by atoms with Gasteiger partial charge in [0.25, 0.3) is 0 Å². The predicted molar refractivity (Wildman–Crippen MR) is 70.1 cm³/mol. The quantitative estimate of drug-likeness (QED) is 0.869. The van der Waals surface area contributed by atoms with Crippen molar-refractivity contribution in [1.82, 2.24) is 9.88 Å². The number of nitrogens with zero attached hydrogens (tertiary/aromatic N) is 2. The fourth-order valence-corrected chi connectivity index (χ4v) is 1.90. The van der Waals surface area contributed by atoms with Crippen LogP contribution in [0, 0.1) is 11.8 Å². The Hall–Kier alpha value is -2.11. The van der Waals surface area contributed by atoms with Crippen LogP contribution in [0.5, 0.6) is 0 Å². The van der Waals surface area contributed by atoms with Crippen molar-refractivity contribution in [3.05, 3.63) is 24.0 Å². The maximum Gasteiger partial charge on any atom is 0.354 e. The maximum atomic E-state index is 11.9. The van der Waals surface area contributed by atoms with Crippen LogP contribution in [0.15, 0.2) is 18.3 Å². The van der Waals surface area contributed by atoms with E-state index < -0.39 is 5.97 Å². The summed E-state index contributed by atoms with van der Waals surface area (Å²) in [4.78, 5) is 27.9. The number of hydrogen-bond donors (Lipinski definition) is 2. The van der Waals surface area contributed by atoms with Crippen molar-refractivity contribution in [3.8, 4) is 0 Å². The molecule has 2 amide bonds. The van der Waals surface area contributed by atoms with E-state index in [0.29, 0.717) is 17.5 Å². The number of carboxylic acids is 1. The van der Waals surface area contributed by atoms with Gasteiger partial charge < -0.3 is 15.3 Å². The zero-order valence-corrected chi connectivity index (χ0v) is 11.0. The van der Waals surface area contributed by atoms with Crippen LogP contribution >= 0.6 is 0 Å². The first kappa shape index (κ1) is 13.3. The number of rotatable bonds is 4. The van der Waals surface area contributed by atoms with Crippen LogP contribution in [0.4, 0.5) is 10.5 Å². The molecule has 1 heterocycles. The van der Waals surface area contributed by atoms with E-state index in [9.17, 15) is 9.59 Å². The summed E-state index contributed by atoms with van der Waals surface area (Å²) in [5.41, 5.74) is 0.448. The highest BCUT2D eigenvalue weighted by Crippen LogP contribution is 2.37. The zero-order chi connectivity index (χ0) is 14.0. The molecule has 0 bridgehead atoms. The van der Waals surface area contributed by atoms with Crippen molar-refractivity contribution in [2.75, 3.05) is 18.9 Å². The number of aromatic carboxylic acids is 1. The van der Waals surface area contributed by atoms with Crippen molar-refractivity contribution in [2.24, 2.45) is 11.8 Å². The van der Waals surface area contributed by atoms with Gasteiger partial charge in [-0.3, -0.25) is 0 Å². The molecule has 2 rings (SSSR count). The van der Waals surface area contributed by atoms with E-state index in [1.165, 1.54) is 24.8 Å². The topological polar surface area (TPSA) is 82.5 Å². The average Bonchev–Trinajstić information content (AvgIpc) is 3.05. The second-order valence-corrected chi connectivity index (χ2v) is 5.02. The monoisotopic (exact) mass is 263 g/mol. The number of aromatic nitrogens is 1. The van der Waals surface area contributed by atoms with Crippen molar-refractivity contribution in [3.63, 3.8) is 0 Å². The average molecular weight is 263 g/mol. The lowest BCUT2D eigenvalue weighted by atomic mass is 10.3. The molecule has 1 fully saturated rings. The molecule has 0 spiro atoms. The van der Waals surface area contributed by atoms with Crippen LogP contribution in [0.3, 0.4) is 0 Å². The van der Waals surface area contributed by atoms with E-state index in [4.69, 9.17) is 5.11 Å². The second kappa shape index (κ2) is 5.26. The van der Waals surface area contributed by atoms with Crippen molar-refractivity contribution >= 4 is 17.7 Å². The fourth-order valence-electron chi connectivity index (χ4n) is 1.90. The predicted octanol–water partition coefficient (Wildman–Crippen LogP) is 1.90. The molecule has 2 N–H and O–H groups in total. The Morgan fingerprint density at radius 1 is 1.53 bits per heavy atom. The van der Waals surface area contributed by atoms with Gasteiger partial charge in [-0.05, 0) is 30.4 Å². The number of hydrogen-bond acceptors (Lipinski definition) is 3. The van der Waals surface area contributed by atoms with Crippen LogP contribution in [0.2, 0.25) is 0 Å². The van der Waals surface area contributed by atoms with Gasteiger partial charge in [-0.15, -0.1) is 0 Å². The largest absolute Gasteiger partial charge is 0.477 e. The SMILES string of the molecule is CC1CC1CN(C)C(=O)Nc1ccc(C(=O)O)nc1. The van der Waals surface area contributed by atoms with Crippen LogP contribution in [-0.2, 0) is 0 Å². The summed E-state index contributed by atoms with van der Waals surface area (Å²) in [7, 11) is 1.75. The number of anilines is 1. The molecule has 6 heteroatoms. The minimum Gasteiger partial charge on any atom is -0.477 e. The van der Waals surface area contributed by atoms with Crippen LogP contribution < -0.4 is 5.32 Å². The highest BCUT2D eigenvalue weighted by atomic mass is 16.4. The molecule has 102 valence electrons. The number of carbonyl (C=O) groups excluding carboxylic acids is 1. The van der Waals surface area contributed by atoms with Gasteiger partial charge in [-0.1, -0.05) is 6.92 Å². The molecular weight excluding hydrogens is 246 g/mol. The molecule has 1 aromatic rings. The molecule has 0 aliphatic heterocycles. The third kappa shape index (κ3) is 3.43. The van der Waals surface area contributed by atoms with E-state index in [1.54, 1.807) is 11.9 Å². The van der Waals surface area contributed by atoms with Crippen molar-refractivity contribution in [1.29, 1.82) is 0 Å². The highest BCUT2D eigenvalue weighted by Gasteiger charge is 2.34. The molecule has 0 saturated heterocycles.